The van der Waals surface area contributed by atoms with Gasteiger partial charge in [-0.3, -0.25) is 4.79 Å². The number of carboxylic acid groups (broad SMARTS) is 1. The molecule has 2 N–H and O–H groups in total. The normalized spacial score (nSPS) is 12.5. The summed E-state index contributed by atoms with van der Waals surface area (Å²) in [5, 5.41) is 17.8. The first-order valence-electron chi connectivity index (χ1n) is 7.64. The van der Waals surface area contributed by atoms with Gasteiger partial charge in [-0.1, -0.05) is 51.9 Å². The van der Waals surface area contributed by atoms with Crippen molar-refractivity contribution in [2.75, 3.05) is 13.2 Å². The minimum atomic E-state index is -0.962. The predicted molar refractivity (Wildman–Crippen MR) is 76.3 cm³/mol. The number of carboxylic acids is 1. The Balaban J connectivity index is 3.08. The maximum Gasteiger partial charge on any atom is 0.305 e. The average molecular weight is 274 g/mol. The summed E-state index contributed by atoms with van der Waals surface area (Å²) in [4.78, 5) is 10.3. The van der Waals surface area contributed by atoms with Crippen molar-refractivity contribution in [2.45, 2.75) is 77.2 Å². The van der Waals surface area contributed by atoms with Gasteiger partial charge in [0, 0.05) is 13.2 Å². The molecule has 1 atom stereocenters. The number of hydrogen-bond donors (Lipinski definition) is 2. The Bertz CT molecular complexity index is 206. The number of aliphatic hydroxyl groups excluding tert-OH is 1. The lowest BCUT2D eigenvalue weighted by atomic mass is 10.1. The zero-order valence-corrected chi connectivity index (χ0v) is 12.3. The van der Waals surface area contributed by atoms with Gasteiger partial charge in [-0.25, -0.2) is 0 Å². The lowest BCUT2D eigenvalue weighted by Crippen LogP contribution is -2.15. The molecule has 0 aliphatic carbocycles. The van der Waals surface area contributed by atoms with Gasteiger partial charge in [0.2, 0.25) is 0 Å². The fourth-order valence-electron chi connectivity index (χ4n) is 1.96. The zero-order chi connectivity index (χ0) is 14.3. The van der Waals surface area contributed by atoms with E-state index in [1.165, 1.54) is 44.9 Å². The van der Waals surface area contributed by atoms with Crippen molar-refractivity contribution in [1.82, 2.24) is 0 Å². The SMILES string of the molecule is CCCCCCCCCCOCC[C@H](O)CC(=O)O. The van der Waals surface area contributed by atoms with Crippen molar-refractivity contribution in [3.63, 3.8) is 0 Å². The number of aliphatic hydroxyl groups is 1. The third kappa shape index (κ3) is 15.3. The molecule has 0 fully saturated rings. The van der Waals surface area contributed by atoms with Gasteiger partial charge in [-0.15, -0.1) is 0 Å². The van der Waals surface area contributed by atoms with Crippen LogP contribution in [0.2, 0.25) is 0 Å². The summed E-state index contributed by atoms with van der Waals surface area (Å²) in [6.07, 6.45) is 9.62. The van der Waals surface area contributed by atoms with Gasteiger partial charge in [0.05, 0.1) is 12.5 Å². The van der Waals surface area contributed by atoms with E-state index in [0.717, 1.165) is 13.0 Å². The lowest BCUT2D eigenvalue weighted by Gasteiger charge is -2.08. The summed E-state index contributed by atoms with van der Waals surface area (Å²) in [7, 11) is 0. The van der Waals surface area contributed by atoms with Crippen LogP contribution in [0.15, 0.2) is 0 Å². The second-order valence-corrected chi connectivity index (χ2v) is 5.13. The Morgan fingerprint density at radius 2 is 1.58 bits per heavy atom. The highest BCUT2D eigenvalue weighted by atomic mass is 16.5. The van der Waals surface area contributed by atoms with Gasteiger partial charge < -0.3 is 14.9 Å². The molecule has 19 heavy (non-hydrogen) atoms. The predicted octanol–water partition coefficient (Wildman–Crippen LogP) is 3.37. The molecular formula is C15H30O4. The van der Waals surface area contributed by atoms with Crippen molar-refractivity contribution in [2.24, 2.45) is 0 Å². The summed E-state index contributed by atoms with van der Waals surface area (Å²) in [5.74, 6) is -0.962. The molecule has 0 unspecified atom stereocenters. The Morgan fingerprint density at radius 3 is 2.16 bits per heavy atom. The van der Waals surface area contributed by atoms with Crippen LogP contribution < -0.4 is 0 Å². The van der Waals surface area contributed by atoms with Crippen LogP contribution in [-0.2, 0) is 9.53 Å². The molecule has 0 spiro atoms. The molecule has 0 saturated heterocycles. The molecule has 0 bridgehead atoms. The van der Waals surface area contributed by atoms with Crippen LogP contribution >= 0.6 is 0 Å². The van der Waals surface area contributed by atoms with Gasteiger partial charge >= 0.3 is 5.97 Å². The molecule has 0 aromatic heterocycles. The van der Waals surface area contributed by atoms with Crippen molar-refractivity contribution in [3.8, 4) is 0 Å². The molecule has 0 aliphatic heterocycles. The minimum absolute atomic E-state index is 0.193. The van der Waals surface area contributed by atoms with E-state index in [1.807, 2.05) is 0 Å². The number of carbonyl (C=O) groups is 1. The number of aliphatic carboxylic acids is 1. The molecule has 0 aromatic rings. The van der Waals surface area contributed by atoms with Crippen LogP contribution in [-0.4, -0.2) is 35.5 Å². The van der Waals surface area contributed by atoms with Crippen molar-refractivity contribution < 1.29 is 19.7 Å². The average Bonchev–Trinajstić information content (AvgIpc) is 2.35. The number of unbranched alkanes of at least 4 members (excludes halogenated alkanes) is 7. The molecular weight excluding hydrogens is 244 g/mol. The first-order chi connectivity index (χ1) is 9.16. The topological polar surface area (TPSA) is 66.8 Å². The highest BCUT2D eigenvalue weighted by molar-refractivity contribution is 5.67. The van der Waals surface area contributed by atoms with Crippen LogP contribution in [0.3, 0.4) is 0 Å². The summed E-state index contributed by atoms with van der Waals surface area (Å²) in [6.45, 7) is 3.39. The quantitative estimate of drug-likeness (QED) is 0.477. The van der Waals surface area contributed by atoms with Gasteiger partial charge in [0.25, 0.3) is 0 Å². The van der Waals surface area contributed by atoms with E-state index in [9.17, 15) is 9.90 Å². The first kappa shape index (κ1) is 18.4. The smallest absolute Gasteiger partial charge is 0.305 e. The molecule has 0 heterocycles. The third-order valence-corrected chi connectivity index (χ3v) is 3.15. The molecule has 0 aliphatic rings. The van der Waals surface area contributed by atoms with Crippen LogP contribution in [0.25, 0.3) is 0 Å². The van der Waals surface area contributed by atoms with Crippen LogP contribution in [0, 0.1) is 0 Å². The van der Waals surface area contributed by atoms with Crippen molar-refractivity contribution in [3.05, 3.63) is 0 Å². The van der Waals surface area contributed by atoms with E-state index in [4.69, 9.17) is 9.84 Å². The molecule has 0 amide bonds. The van der Waals surface area contributed by atoms with E-state index in [0.29, 0.717) is 13.0 Å². The Labute approximate surface area is 117 Å². The molecule has 0 rings (SSSR count). The van der Waals surface area contributed by atoms with Crippen molar-refractivity contribution >= 4 is 5.97 Å². The highest BCUT2D eigenvalue weighted by Gasteiger charge is 2.08. The number of hydrogen-bond acceptors (Lipinski definition) is 3. The highest BCUT2D eigenvalue weighted by Crippen LogP contribution is 2.08. The monoisotopic (exact) mass is 274 g/mol. The molecule has 4 heteroatoms. The maximum absolute atomic E-state index is 10.3. The largest absolute Gasteiger partial charge is 0.481 e. The fourth-order valence-corrected chi connectivity index (χ4v) is 1.96. The molecule has 0 radical (unpaired) electrons. The second-order valence-electron chi connectivity index (χ2n) is 5.13. The van der Waals surface area contributed by atoms with Gasteiger partial charge in [-0.05, 0) is 12.8 Å². The molecule has 4 nitrogen and oxygen atoms in total. The van der Waals surface area contributed by atoms with Crippen LogP contribution in [0.5, 0.6) is 0 Å². The Hall–Kier alpha value is -0.610. The lowest BCUT2D eigenvalue weighted by molar-refractivity contribution is -0.139. The Kier molecular flexibility index (Phi) is 13.4. The molecule has 0 saturated carbocycles. The van der Waals surface area contributed by atoms with E-state index in [2.05, 4.69) is 6.92 Å². The van der Waals surface area contributed by atoms with Crippen LogP contribution in [0.1, 0.15) is 71.1 Å². The standard InChI is InChI=1S/C15H30O4/c1-2-3-4-5-6-7-8-9-11-19-12-10-14(16)13-15(17)18/h14,16H,2-13H2,1H3,(H,17,18)/t14-/m0/s1. The first-order valence-corrected chi connectivity index (χ1v) is 7.64. The summed E-state index contributed by atoms with van der Waals surface area (Å²) in [5.41, 5.74) is 0. The number of ether oxygens (including phenoxy) is 1. The third-order valence-electron chi connectivity index (χ3n) is 3.15. The van der Waals surface area contributed by atoms with Gasteiger partial charge in [0.1, 0.15) is 0 Å². The van der Waals surface area contributed by atoms with Crippen molar-refractivity contribution in [1.29, 1.82) is 0 Å². The maximum atomic E-state index is 10.3. The van der Waals surface area contributed by atoms with Gasteiger partial charge in [-0.2, -0.15) is 0 Å². The minimum Gasteiger partial charge on any atom is -0.481 e. The van der Waals surface area contributed by atoms with E-state index in [-0.39, 0.29) is 6.42 Å². The van der Waals surface area contributed by atoms with Crippen LogP contribution in [0.4, 0.5) is 0 Å². The Morgan fingerprint density at radius 1 is 1.00 bits per heavy atom. The van der Waals surface area contributed by atoms with E-state index in [1.54, 1.807) is 0 Å². The summed E-state index contributed by atoms with van der Waals surface area (Å²) >= 11 is 0. The summed E-state index contributed by atoms with van der Waals surface area (Å²) in [6, 6.07) is 0. The zero-order valence-electron chi connectivity index (χ0n) is 12.3. The van der Waals surface area contributed by atoms with Gasteiger partial charge in [0.15, 0.2) is 0 Å². The molecule has 114 valence electrons. The molecule has 0 aromatic carbocycles. The van der Waals surface area contributed by atoms with E-state index < -0.39 is 12.1 Å². The van der Waals surface area contributed by atoms with E-state index >= 15 is 0 Å². The second kappa shape index (κ2) is 13.8. The summed E-state index contributed by atoms with van der Waals surface area (Å²) < 4.78 is 5.38. The number of rotatable bonds is 14. The fraction of sp³-hybridized carbons (Fsp3) is 0.933.